The molecular formula is C27H24F2N6O4. The van der Waals surface area contributed by atoms with E-state index in [2.05, 4.69) is 30.4 Å². The molecular weight excluding hydrogens is 510 g/mol. The summed E-state index contributed by atoms with van der Waals surface area (Å²) in [6, 6.07) is 15.9. The Balaban J connectivity index is 1.26. The average Bonchev–Trinajstić information content (AvgIpc) is 3.19. The highest BCUT2D eigenvalue weighted by Gasteiger charge is 2.43. The molecule has 2 aliphatic rings. The summed E-state index contributed by atoms with van der Waals surface area (Å²) in [6.45, 7) is 2.16. The second-order valence-electron chi connectivity index (χ2n) is 8.98. The maximum absolute atomic E-state index is 13.3. The van der Waals surface area contributed by atoms with Gasteiger partial charge >= 0.3 is 6.29 Å². The first-order valence-corrected chi connectivity index (χ1v) is 11.8. The number of fused-ring (bicyclic) bond motifs is 1. The summed E-state index contributed by atoms with van der Waals surface area (Å²) in [6.07, 6.45) is -2.21. The number of aryl methyl sites for hydroxylation is 1. The molecule has 0 fully saturated rings. The van der Waals surface area contributed by atoms with Crippen molar-refractivity contribution < 1.29 is 27.8 Å². The molecule has 0 radical (unpaired) electrons. The first-order chi connectivity index (χ1) is 18.6. The molecule has 3 aromatic carbocycles. The molecule has 0 aliphatic carbocycles. The predicted molar refractivity (Wildman–Crippen MR) is 142 cm³/mol. The molecule has 10 nitrogen and oxygen atoms in total. The van der Waals surface area contributed by atoms with Gasteiger partial charge in [-0.05, 0) is 61.0 Å². The normalized spacial score (nSPS) is 15.2. The molecule has 0 unspecified atom stereocenters. The maximum Gasteiger partial charge on any atom is 0.586 e. The van der Waals surface area contributed by atoms with E-state index < -0.39 is 12.2 Å². The molecule has 3 aromatic rings. The third kappa shape index (κ3) is 5.74. The van der Waals surface area contributed by atoms with Crippen molar-refractivity contribution in [2.45, 2.75) is 13.2 Å². The maximum atomic E-state index is 13.3. The molecule has 0 spiro atoms. The van der Waals surface area contributed by atoms with Gasteiger partial charge in [0.25, 0.3) is 11.8 Å². The minimum atomic E-state index is -3.78. The third-order valence-corrected chi connectivity index (χ3v) is 5.93. The fourth-order valence-corrected chi connectivity index (χ4v) is 4.00. The summed E-state index contributed by atoms with van der Waals surface area (Å²) in [5.41, 5.74) is 9.27. The fraction of sp³-hybridized carbons (Fsp3) is 0.148. The Hall–Kier alpha value is -5.13. The number of aliphatic imine (C=N–C) groups is 1. The number of halogens is 2. The van der Waals surface area contributed by atoms with Crippen LogP contribution in [0.1, 0.15) is 26.3 Å². The molecule has 0 saturated carbocycles. The molecule has 2 aliphatic heterocycles. The Morgan fingerprint density at radius 2 is 1.77 bits per heavy atom. The van der Waals surface area contributed by atoms with E-state index in [0.29, 0.717) is 40.7 Å². The third-order valence-electron chi connectivity index (χ3n) is 5.93. The summed E-state index contributed by atoms with van der Waals surface area (Å²) in [5.74, 6) is -0.762. The smallest absolute Gasteiger partial charge is 0.399 e. The van der Waals surface area contributed by atoms with Gasteiger partial charge in [-0.2, -0.15) is 0 Å². The largest absolute Gasteiger partial charge is 0.586 e. The van der Waals surface area contributed by atoms with Crippen LogP contribution in [0.3, 0.4) is 0 Å². The Bertz CT molecular complexity index is 1540. The summed E-state index contributed by atoms with van der Waals surface area (Å²) >= 11 is 0. The number of nitrogens with zero attached hydrogens (tertiary/aromatic N) is 2. The first-order valence-electron chi connectivity index (χ1n) is 11.8. The van der Waals surface area contributed by atoms with Gasteiger partial charge in [-0.15, -0.1) is 8.78 Å². The number of nitrogens with two attached hydrogens (primary N) is 1. The Morgan fingerprint density at radius 1 is 0.974 bits per heavy atom. The molecule has 5 rings (SSSR count). The molecule has 39 heavy (non-hydrogen) atoms. The van der Waals surface area contributed by atoms with E-state index >= 15 is 0 Å². The van der Waals surface area contributed by atoms with Gasteiger partial charge in [0.15, 0.2) is 11.5 Å². The number of carbonyl (C=O) groups excluding carboxylic acids is 2. The zero-order valence-electron chi connectivity index (χ0n) is 20.9. The van der Waals surface area contributed by atoms with Gasteiger partial charge in [-0.25, -0.2) is 4.99 Å². The van der Waals surface area contributed by atoms with Gasteiger partial charge in [0.2, 0.25) is 5.96 Å². The number of nitrogens with one attached hydrogen (secondary N) is 3. The Labute approximate surface area is 222 Å². The van der Waals surface area contributed by atoms with Gasteiger partial charge in [0, 0.05) is 35.2 Å². The lowest BCUT2D eigenvalue weighted by Gasteiger charge is -2.26. The SMILES string of the molecule is Cc1ccc(NC(=O)c2ccc3c(c2)OC(F)(F)O3)cc1C(=O)NC1=CN=C(Nc2cccc(N)c2)N(C)C1. The number of amides is 2. The number of ether oxygens (including phenoxy) is 2. The van der Waals surface area contributed by atoms with Crippen LogP contribution in [0.25, 0.3) is 0 Å². The van der Waals surface area contributed by atoms with E-state index in [4.69, 9.17) is 5.73 Å². The number of guanidine groups is 1. The standard InChI is InChI=1S/C27H24F2N6O4/c1-15-6-8-19(32-24(36)16-7-9-22-23(10-16)39-27(28,29)38-22)12-21(15)25(37)33-20-13-31-26(35(2)14-20)34-18-5-3-4-17(30)11-18/h3-13H,14,30H2,1-2H3,(H,31,34)(H,32,36)(H,33,37). The van der Waals surface area contributed by atoms with Crippen molar-refractivity contribution in [1.82, 2.24) is 10.2 Å². The average molecular weight is 535 g/mol. The number of anilines is 3. The summed E-state index contributed by atoms with van der Waals surface area (Å²) in [5, 5.41) is 8.72. The zero-order valence-corrected chi connectivity index (χ0v) is 20.9. The monoisotopic (exact) mass is 534 g/mol. The van der Waals surface area contributed by atoms with Crippen molar-refractivity contribution in [2.75, 3.05) is 30.0 Å². The quantitative estimate of drug-likeness (QED) is 0.362. The van der Waals surface area contributed by atoms with Crippen LogP contribution in [0.4, 0.5) is 25.8 Å². The zero-order chi connectivity index (χ0) is 27.7. The van der Waals surface area contributed by atoms with Gasteiger partial charge in [-0.3, -0.25) is 9.59 Å². The Kier molecular flexibility index (Phi) is 6.52. The second-order valence-corrected chi connectivity index (χ2v) is 8.98. The Morgan fingerprint density at radius 3 is 2.54 bits per heavy atom. The lowest BCUT2D eigenvalue weighted by atomic mass is 10.1. The fourth-order valence-electron chi connectivity index (χ4n) is 4.00. The molecule has 5 N–H and O–H groups in total. The van der Waals surface area contributed by atoms with Crippen molar-refractivity contribution in [3.63, 3.8) is 0 Å². The number of benzene rings is 3. The van der Waals surface area contributed by atoms with Crippen LogP contribution in [0.2, 0.25) is 0 Å². The van der Waals surface area contributed by atoms with Crippen molar-refractivity contribution in [3.05, 3.63) is 89.3 Å². The summed E-state index contributed by atoms with van der Waals surface area (Å²) in [7, 11) is 1.83. The number of carbonyl (C=O) groups is 2. The van der Waals surface area contributed by atoms with E-state index in [-0.39, 0.29) is 23.0 Å². The van der Waals surface area contributed by atoms with Crippen LogP contribution >= 0.6 is 0 Å². The number of alkyl halides is 2. The molecule has 0 bridgehead atoms. The lowest BCUT2D eigenvalue weighted by molar-refractivity contribution is -0.286. The number of nitrogen functional groups attached to an aromatic ring is 1. The van der Waals surface area contributed by atoms with E-state index in [1.54, 1.807) is 37.4 Å². The van der Waals surface area contributed by atoms with Crippen molar-refractivity contribution in [3.8, 4) is 11.5 Å². The van der Waals surface area contributed by atoms with Crippen LogP contribution in [-0.4, -0.2) is 42.6 Å². The van der Waals surface area contributed by atoms with E-state index in [0.717, 1.165) is 11.8 Å². The molecule has 0 atom stereocenters. The highest BCUT2D eigenvalue weighted by Crippen LogP contribution is 2.41. The van der Waals surface area contributed by atoms with Crippen LogP contribution in [-0.2, 0) is 0 Å². The minimum Gasteiger partial charge on any atom is -0.399 e. The van der Waals surface area contributed by atoms with Crippen LogP contribution < -0.4 is 31.2 Å². The van der Waals surface area contributed by atoms with Crippen molar-refractivity contribution in [1.29, 1.82) is 0 Å². The molecule has 2 amide bonds. The van der Waals surface area contributed by atoms with Gasteiger partial charge in [0.05, 0.1) is 18.4 Å². The summed E-state index contributed by atoms with van der Waals surface area (Å²) < 4.78 is 35.3. The highest BCUT2D eigenvalue weighted by atomic mass is 19.3. The van der Waals surface area contributed by atoms with Crippen LogP contribution in [0.15, 0.2) is 77.6 Å². The van der Waals surface area contributed by atoms with E-state index in [1.807, 2.05) is 24.1 Å². The number of hydrogen-bond donors (Lipinski definition) is 4. The highest BCUT2D eigenvalue weighted by molar-refractivity contribution is 6.06. The minimum absolute atomic E-state index is 0.0810. The van der Waals surface area contributed by atoms with Crippen LogP contribution in [0, 0.1) is 6.92 Å². The van der Waals surface area contributed by atoms with Gasteiger partial charge in [0.1, 0.15) is 0 Å². The molecule has 0 aromatic heterocycles. The van der Waals surface area contributed by atoms with Crippen molar-refractivity contribution >= 4 is 34.8 Å². The molecule has 0 saturated heterocycles. The molecule has 2 heterocycles. The predicted octanol–water partition coefficient (Wildman–Crippen LogP) is 4.14. The molecule has 200 valence electrons. The summed E-state index contributed by atoms with van der Waals surface area (Å²) in [4.78, 5) is 32.1. The van der Waals surface area contributed by atoms with Crippen LogP contribution in [0.5, 0.6) is 11.5 Å². The molecule has 12 heteroatoms. The van der Waals surface area contributed by atoms with Gasteiger partial charge < -0.3 is 36.1 Å². The second kappa shape index (κ2) is 9.97. The van der Waals surface area contributed by atoms with E-state index in [1.165, 1.54) is 18.2 Å². The van der Waals surface area contributed by atoms with Crippen molar-refractivity contribution in [2.24, 2.45) is 4.99 Å². The number of likely N-dealkylation sites (N-methyl/N-ethyl adjacent to an activating group) is 1. The first kappa shape index (κ1) is 25.5. The van der Waals surface area contributed by atoms with Gasteiger partial charge in [-0.1, -0.05) is 12.1 Å². The topological polar surface area (TPSA) is 130 Å². The number of rotatable bonds is 5. The lowest BCUT2D eigenvalue weighted by Crippen LogP contribution is -2.40. The van der Waals surface area contributed by atoms with E-state index in [9.17, 15) is 18.4 Å². The number of hydrogen-bond acceptors (Lipinski definition) is 8.